The second-order valence-corrected chi connectivity index (χ2v) is 5.78. The van der Waals surface area contributed by atoms with Gasteiger partial charge in [0.05, 0.1) is 6.10 Å². The van der Waals surface area contributed by atoms with Gasteiger partial charge in [-0.3, -0.25) is 4.90 Å². The third-order valence-corrected chi connectivity index (χ3v) is 4.62. The van der Waals surface area contributed by atoms with E-state index in [1.54, 1.807) is 0 Å². The molecule has 100 valence electrons. The molecular formula is C15H23NOS. The van der Waals surface area contributed by atoms with Crippen molar-refractivity contribution in [2.75, 3.05) is 5.75 Å². The molecule has 1 heterocycles. The molecule has 1 aromatic carbocycles. The van der Waals surface area contributed by atoms with E-state index in [-0.39, 0.29) is 12.1 Å². The largest absolute Gasteiger partial charge is 0.391 e. The molecule has 2 nitrogen and oxygen atoms in total. The molecule has 1 aliphatic heterocycles. The summed E-state index contributed by atoms with van der Waals surface area (Å²) in [7, 11) is 0. The zero-order valence-corrected chi connectivity index (χ0v) is 12.1. The number of hydrogen-bond acceptors (Lipinski definition) is 3. The van der Waals surface area contributed by atoms with Crippen LogP contribution in [0.3, 0.4) is 0 Å². The lowest BCUT2D eigenvalue weighted by atomic mass is 9.85. The van der Waals surface area contributed by atoms with Gasteiger partial charge >= 0.3 is 0 Å². The maximum atomic E-state index is 10.3. The van der Waals surface area contributed by atoms with Crippen molar-refractivity contribution in [3.05, 3.63) is 35.9 Å². The highest BCUT2D eigenvalue weighted by molar-refractivity contribution is 7.80. The van der Waals surface area contributed by atoms with Crippen LogP contribution in [0.5, 0.6) is 0 Å². The Morgan fingerprint density at radius 3 is 2.56 bits per heavy atom. The van der Waals surface area contributed by atoms with E-state index in [0.717, 1.165) is 18.7 Å². The van der Waals surface area contributed by atoms with Crippen molar-refractivity contribution in [3.63, 3.8) is 0 Å². The Balaban J connectivity index is 2.08. The normalized spacial score (nSPS) is 33.6. The van der Waals surface area contributed by atoms with E-state index in [1.165, 1.54) is 5.56 Å². The first kappa shape index (κ1) is 13.9. The van der Waals surface area contributed by atoms with Gasteiger partial charge in [-0.1, -0.05) is 30.3 Å². The smallest absolute Gasteiger partial charge is 0.0729 e. The maximum Gasteiger partial charge on any atom is 0.0729 e. The molecule has 0 aromatic heterocycles. The molecule has 0 amide bonds. The molecule has 3 heteroatoms. The van der Waals surface area contributed by atoms with Crippen molar-refractivity contribution in [1.82, 2.24) is 4.90 Å². The molecule has 1 aromatic rings. The molecule has 1 N–H and O–H groups in total. The molecule has 0 radical (unpaired) electrons. The van der Waals surface area contributed by atoms with E-state index >= 15 is 0 Å². The summed E-state index contributed by atoms with van der Waals surface area (Å²) in [4.78, 5) is 2.40. The van der Waals surface area contributed by atoms with Crippen molar-refractivity contribution >= 4 is 12.6 Å². The summed E-state index contributed by atoms with van der Waals surface area (Å²) in [5, 5.41) is 10.3. The number of piperidine rings is 1. The Morgan fingerprint density at radius 1 is 1.28 bits per heavy atom. The highest BCUT2D eigenvalue weighted by Gasteiger charge is 2.37. The predicted molar refractivity (Wildman–Crippen MR) is 78.9 cm³/mol. The van der Waals surface area contributed by atoms with Crippen LogP contribution >= 0.6 is 12.6 Å². The van der Waals surface area contributed by atoms with Gasteiger partial charge in [0, 0.05) is 18.6 Å². The summed E-state index contributed by atoms with van der Waals surface area (Å²) < 4.78 is 0. The predicted octanol–water partition coefficient (Wildman–Crippen LogP) is 2.58. The Labute approximate surface area is 115 Å². The molecule has 0 bridgehead atoms. The summed E-state index contributed by atoms with van der Waals surface area (Å²) in [5.74, 6) is 1.10. The first-order valence-corrected chi connectivity index (χ1v) is 7.35. The van der Waals surface area contributed by atoms with Crippen LogP contribution in [0.1, 0.15) is 25.8 Å². The monoisotopic (exact) mass is 265 g/mol. The highest BCUT2D eigenvalue weighted by atomic mass is 32.1. The van der Waals surface area contributed by atoms with Crippen LogP contribution in [0, 0.1) is 5.92 Å². The first-order valence-electron chi connectivity index (χ1n) is 6.72. The Kier molecular flexibility index (Phi) is 4.71. The van der Waals surface area contributed by atoms with Crippen molar-refractivity contribution in [2.45, 2.75) is 45.0 Å². The minimum absolute atomic E-state index is 0.200. The van der Waals surface area contributed by atoms with Crippen molar-refractivity contribution in [1.29, 1.82) is 0 Å². The lowest BCUT2D eigenvalue weighted by Crippen LogP contribution is -2.54. The van der Waals surface area contributed by atoms with E-state index in [1.807, 2.05) is 6.07 Å². The molecule has 1 aliphatic rings. The molecule has 0 aliphatic carbocycles. The fourth-order valence-corrected chi connectivity index (χ4v) is 3.35. The summed E-state index contributed by atoms with van der Waals surface area (Å²) >= 11 is 4.35. The van der Waals surface area contributed by atoms with E-state index in [9.17, 15) is 5.11 Å². The van der Waals surface area contributed by atoms with Crippen LogP contribution in [0.2, 0.25) is 0 Å². The maximum absolute atomic E-state index is 10.3. The standard InChI is InChI=1S/C15H23NOS/c1-11-8-14(10-18)15(17)12(2)16(11)9-13-6-4-3-5-7-13/h3-7,11-12,14-15,17-18H,8-10H2,1-2H3. The topological polar surface area (TPSA) is 23.5 Å². The van der Waals surface area contributed by atoms with E-state index < -0.39 is 0 Å². The van der Waals surface area contributed by atoms with Crippen LogP contribution in [-0.4, -0.2) is 33.9 Å². The Hall–Kier alpha value is -0.510. The third-order valence-electron chi connectivity index (χ3n) is 4.15. The summed E-state index contributed by atoms with van der Waals surface area (Å²) in [6, 6.07) is 11.2. The van der Waals surface area contributed by atoms with Gasteiger partial charge in [0.25, 0.3) is 0 Å². The van der Waals surface area contributed by atoms with Crippen LogP contribution in [0.15, 0.2) is 30.3 Å². The molecule has 1 fully saturated rings. The molecule has 1 saturated heterocycles. The van der Waals surface area contributed by atoms with Crippen molar-refractivity contribution in [3.8, 4) is 0 Å². The molecular weight excluding hydrogens is 242 g/mol. The van der Waals surface area contributed by atoms with Gasteiger partial charge in [-0.15, -0.1) is 0 Å². The van der Waals surface area contributed by atoms with Gasteiger partial charge in [-0.25, -0.2) is 0 Å². The number of aliphatic hydroxyl groups is 1. The van der Waals surface area contributed by atoms with Gasteiger partial charge in [0.15, 0.2) is 0 Å². The Bertz CT molecular complexity index is 370. The summed E-state index contributed by atoms with van der Waals surface area (Å²) in [5.41, 5.74) is 1.31. The number of nitrogens with zero attached hydrogens (tertiary/aromatic N) is 1. The number of likely N-dealkylation sites (tertiary alicyclic amines) is 1. The quantitative estimate of drug-likeness (QED) is 0.821. The molecule has 2 rings (SSSR count). The molecule has 18 heavy (non-hydrogen) atoms. The SMILES string of the molecule is CC1CC(CS)C(O)C(C)N1Cc1ccccc1. The second kappa shape index (κ2) is 6.09. The fourth-order valence-electron chi connectivity index (χ4n) is 2.98. The highest BCUT2D eigenvalue weighted by Crippen LogP contribution is 2.30. The average Bonchev–Trinajstić information content (AvgIpc) is 2.40. The third kappa shape index (κ3) is 2.90. The van der Waals surface area contributed by atoms with Gasteiger partial charge in [0.2, 0.25) is 0 Å². The molecule has 4 unspecified atom stereocenters. The van der Waals surface area contributed by atoms with Gasteiger partial charge in [-0.05, 0) is 37.5 Å². The van der Waals surface area contributed by atoms with Gasteiger partial charge in [0.1, 0.15) is 0 Å². The van der Waals surface area contributed by atoms with Gasteiger partial charge < -0.3 is 5.11 Å². The van der Waals surface area contributed by atoms with Gasteiger partial charge in [-0.2, -0.15) is 12.6 Å². The molecule has 0 saturated carbocycles. The average molecular weight is 265 g/mol. The van der Waals surface area contributed by atoms with Crippen LogP contribution < -0.4 is 0 Å². The molecule has 0 spiro atoms. The van der Waals surface area contributed by atoms with E-state index in [2.05, 4.69) is 55.6 Å². The summed E-state index contributed by atoms with van der Waals surface area (Å²) in [6.45, 7) is 5.29. The lowest BCUT2D eigenvalue weighted by molar-refractivity contribution is -0.0449. The number of benzene rings is 1. The summed E-state index contributed by atoms with van der Waals surface area (Å²) in [6.07, 6.45) is 0.768. The molecule has 4 atom stereocenters. The fraction of sp³-hybridized carbons (Fsp3) is 0.600. The number of aliphatic hydroxyl groups excluding tert-OH is 1. The minimum atomic E-state index is -0.262. The number of thiol groups is 1. The van der Waals surface area contributed by atoms with E-state index in [0.29, 0.717) is 12.0 Å². The van der Waals surface area contributed by atoms with Crippen molar-refractivity contribution < 1.29 is 5.11 Å². The van der Waals surface area contributed by atoms with Crippen LogP contribution in [0.4, 0.5) is 0 Å². The second-order valence-electron chi connectivity index (χ2n) is 5.42. The number of hydrogen-bond donors (Lipinski definition) is 2. The number of rotatable bonds is 3. The lowest BCUT2D eigenvalue weighted by Gasteiger charge is -2.45. The zero-order chi connectivity index (χ0) is 13.1. The van der Waals surface area contributed by atoms with Crippen LogP contribution in [0.25, 0.3) is 0 Å². The first-order chi connectivity index (χ1) is 8.63. The van der Waals surface area contributed by atoms with Crippen LogP contribution in [-0.2, 0) is 6.54 Å². The zero-order valence-electron chi connectivity index (χ0n) is 11.2. The minimum Gasteiger partial charge on any atom is -0.391 e. The Morgan fingerprint density at radius 2 is 1.94 bits per heavy atom. The van der Waals surface area contributed by atoms with Crippen molar-refractivity contribution in [2.24, 2.45) is 5.92 Å². The van der Waals surface area contributed by atoms with E-state index in [4.69, 9.17) is 0 Å².